The number of hydrogen-bond acceptors (Lipinski definition) is 5. The third-order valence-corrected chi connectivity index (χ3v) is 3.54. The van der Waals surface area contributed by atoms with Crippen molar-refractivity contribution in [1.82, 2.24) is 5.32 Å². The first-order valence-corrected chi connectivity index (χ1v) is 8.86. The molecule has 7 nitrogen and oxygen atoms in total. The molecule has 2 rings (SSSR count). The van der Waals surface area contributed by atoms with E-state index in [1.54, 1.807) is 18.2 Å². The predicted octanol–water partition coefficient (Wildman–Crippen LogP) is 2.54. The molecule has 2 aromatic rings. The SMILES string of the molecule is CCOc1ccccc1/C=C/C(=O)OCC(=O)NCC(=O)Nc1ccc(F)cc1. The molecule has 0 radical (unpaired) electrons. The van der Waals surface area contributed by atoms with Crippen LogP contribution in [-0.4, -0.2) is 37.5 Å². The molecule has 2 N–H and O–H groups in total. The molecule has 0 aliphatic rings. The van der Waals surface area contributed by atoms with Gasteiger partial charge in [-0.2, -0.15) is 0 Å². The van der Waals surface area contributed by atoms with Gasteiger partial charge in [0.15, 0.2) is 6.61 Å². The van der Waals surface area contributed by atoms with Gasteiger partial charge in [-0.1, -0.05) is 18.2 Å². The minimum atomic E-state index is -0.706. The summed E-state index contributed by atoms with van der Waals surface area (Å²) in [5, 5.41) is 4.82. The number of anilines is 1. The number of nitrogens with one attached hydrogen (secondary N) is 2. The summed E-state index contributed by atoms with van der Waals surface area (Å²) >= 11 is 0. The second kappa shape index (κ2) is 11.2. The largest absolute Gasteiger partial charge is 0.493 e. The van der Waals surface area contributed by atoms with E-state index in [0.717, 1.165) is 0 Å². The second-order valence-electron chi connectivity index (χ2n) is 5.74. The van der Waals surface area contributed by atoms with Crippen LogP contribution in [0.15, 0.2) is 54.6 Å². The van der Waals surface area contributed by atoms with Gasteiger partial charge in [0.2, 0.25) is 5.91 Å². The molecule has 0 aliphatic heterocycles. The van der Waals surface area contributed by atoms with E-state index in [4.69, 9.17) is 9.47 Å². The van der Waals surface area contributed by atoms with Crippen molar-refractivity contribution in [3.8, 4) is 5.75 Å². The average Bonchev–Trinajstić information content (AvgIpc) is 2.72. The number of halogens is 1. The number of amides is 2. The normalized spacial score (nSPS) is 10.4. The Hall–Kier alpha value is -3.68. The first-order valence-electron chi connectivity index (χ1n) is 8.86. The molecule has 8 heteroatoms. The Kier molecular flexibility index (Phi) is 8.37. The van der Waals surface area contributed by atoms with Crippen molar-refractivity contribution < 1.29 is 28.2 Å². The molecule has 2 aromatic carbocycles. The minimum Gasteiger partial charge on any atom is -0.493 e. The zero-order valence-electron chi connectivity index (χ0n) is 15.8. The van der Waals surface area contributed by atoms with Gasteiger partial charge in [0.1, 0.15) is 11.6 Å². The van der Waals surface area contributed by atoms with E-state index in [0.29, 0.717) is 23.6 Å². The molecule has 0 heterocycles. The number of benzene rings is 2. The topological polar surface area (TPSA) is 93.7 Å². The van der Waals surface area contributed by atoms with E-state index in [1.165, 1.54) is 36.4 Å². The van der Waals surface area contributed by atoms with E-state index in [1.807, 2.05) is 13.0 Å². The van der Waals surface area contributed by atoms with Crippen LogP contribution in [0, 0.1) is 5.82 Å². The number of carbonyl (C=O) groups excluding carboxylic acids is 3. The van der Waals surface area contributed by atoms with Crippen molar-refractivity contribution in [3.05, 3.63) is 66.0 Å². The van der Waals surface area contributed by atoms with Crippen LogP contribution < -0.4 is 15.4 Å². The molecule has 2 amide bonds. The summed E-state index contributed by atoms with van der Waals surface area (Å²) < 4.78 is 23.1. The number of hydrogen-bond donors (Lipinski definition) is 2. The van der Waals surface area contributed by atoms with Crippen molar-refractivity contribution in [2.45, 2.75) is 6.92 Å². The van der Waals surface area contributed by atoms with Gasteiger partial charge in [0.25, 0.3) is 5.91 Å². The van der Waals surface area contributed by atoms with Gasteiger partial charge in [-0.3, -0.25) is 9.59 Å². The van der Waals surface area contributed by atoms with E-state index < -0.39 is 30.2 Å². The molecule has 0 aromatic heterocycles. The molecule has 0 saturated carbocycles. The first kappa shape index (κ1) is 21.6. The first-order chi connectivity index (χ1) is 14.0. The quantitative estimate of drug-likeness (QED) is 0.498. The van der Waals surface area contributed by atoms with Crippen LogP contribution in [-0.2, 0) is 19.1 Å². The number of rotatable bonds is 9. The standard InChI is InChI=1S/C21H21FN2O5/c1-2-28-18-6-4-3-5-15(18)7-12-21(27)29-14-20(26)23-13-19(25)24-17-10-8-16(22)9-11-17/h3-12H,2,13-14H2,1H3,(H,23,26)(H,24,25)/b12-7+. The highest BCUT2D eigenvalue weighted by molar-refractivity contribution is 5.95. The molecule has 0 bridgehead atoms. The summed E-state index contributed by atoms with van der Waals surface area (Å²) in [5.41, 5.74) is 1.10. The Morgan fingerprint density at radius 2 is 1.76 bits per heavy atom. The molecule has 152 valence electrons. The Bertz CT molecular complexity index is 881. The smallest absolute Gasteiger partial charge is 0.331 e. The Labute approximate surface area is 167 Å². The lowest BCUT2D eigenvalue weighted by Gasteiger charge is -2.07. The summed E-state index contributed by atoms with van der Waals surface area (Å²) in [7, 11) is 0. The molecule has 0 aliphatic carbocycles. The van der Waals surface area contributed by atoms with Crippen molar-refractivity contribution in [2.24, 2.45) is 0 Å². The fourth-order valence-electron chi connectivity index (χ4n) is 2.22. The van der Waals surface area contributed by atoms with E-state index in [9.17, 15) is 18.8 Å². The fourth-order valence-corrected chi connectivity index (χ4v) is 2.22. The maximum Gasteiger partial charge on any atom is 0.331 e. The lowest BCUT2D eigenvalue weighted by Crippen LogP contribution is -2.35. The van der Waals surface area contributed by atoms with Gasteiger partial charge in [-0.05, 0) is 43.3 Å². The summed E-state index contributed by atoms with van der Waals surface area (Å²) in [6.45, 7) is 1.50. The van der Waals surface area contributed by atoms with Crippen LogP contribution >= 0.6 is 0 Å². The summed E-state index contributed by atoms with van der Waals surface area (Å²) in [6.07, 6.45) is 2.72. The van der Waals surface area contributed by atoms with Crippen LogP contribution in [0.1, 0.15) is 12.5 Å². The van der Waals surface area contributed by atoms with Gasteiger partial charge in [0.05, 0.1) is 13.2 Å². The fraction of sp³-hybridized carbons (Fsp3) is 0.190. The lowest BCUT2D eigenvalue weighted by atomic mass is 10.2. The van der Waals surface area contributed by atoms with Crippen LogP contribution in [0.4, 0.5) is 10.1 Å². The summed E-state index contributed by atoms with van der Waals surface area (Å²) in [4.78, 5) is 35.2. The van der Waals surface area contributed by atoms with Crippen molar-refractivity contribution in [1.29, 1.82) is 0 Å². The van der Waals surface area contributed by atoms with Gasteiger partial charge in [0, 0.05) is 17.3 Å². The Morgan fingerprint density at radius 1 is 1.03 bits per heavy atom. The highest BCUT2D eigenvalue weighted by Gasteiger charge is 2.08. The zero-order chi connectivity index (χ0) is 21.1. The van der Waals surface area contributed by atoms with Crippen LogP contribution in [0.3, 0.4) is 0 Å². The maximum atomic E-state index is 12.8. The highest BCUT2D eigenvalue weighted by atomic mass is 19.1. The third kappa shape index (κ3) is 7.84. The zero-order valence-corrected chi connectivity index (χ0v) is 15.8. The molecular formula is C21H21FN2O5. The number of para-hydroxylation sites is 1. The monoisotopic (exact) mass is 400 g/mol. The van der Waals surface area contributed by atoms with Crippen LogP contribution in [0.25, 0.3) is 6.08 Å². The molecule has 0 spiro atoms. The number of carbonyl (C=O) groups is 3. The van der Waals surface area contributed by atoms with Gasteiger partial charge < -0.3 is 20.1 Å². The van der Waals surface area contributed by atoms with Gasteiger partial charge in [-0.25, -0.2) is 9.18 Å². The minimum absolute atomic E-state index is 0.314. The van der Waals surface area contributed by atoms with Gasteiger partial charge >= 0.3 is 5.97 Å². The van der Waals surface area contributed by atoms with Crippen LogP contribution in [0.2, 0.25) is 0 Å². The average molecular weight is 400 g/mol. The predicted molar refractivity (Wildman–Crippen MR) is 106 cm³/mol. The molecule has 29 heavy (non-hydrogen) atoms. The molecule has 0 fully saturated rings. The molecule has 0 unspecified atom stereocenters. The van der Waals surface area contributed by atoms with Crippen molar-refractivity contribution in [2.75, 3.05) is 25.1 Å². The number of ether oxygens (including phenoxy) is 2. The Balaban J connectivity index is 1.72. The van der Waals surface area contributed by atoms with E-state index in [-0.39, 0.29) is 6.54 Å². The van der Waals surface area contributed by atoms with Crippen molar-refractivity contribution in [3.63, 3.8) is 0 Å². The second-order valence-corrected chi connectivity index (χ2v) is 5.74. The molecular weight excluding hydrogens is 379 g/mol. The third-order valence-electron chi connectivity index (χ3n) is 3.54. The molecule has 0 saturated heterocycles. The lowest BCUT2D eigenvalue weighted by molar-refractivity contribution is -0.143. The highest BCUT2D eigenvalue weighted by Crippen LogP contribution is 2.19. The Morgan fingerprint density at radius 3 is 2.48 bits per heavy atom. The van der Waals surface area contributed by atoms with Crippen molar-refractivity contribution >= 4 is 29.5 Å². The van der Waals surface area contributed by atoms with Gasteiger partial charge in [-0.15, -0.1) is 0 Å². The van der Waals surface area contributed by atoms with Crippen LogP contribution in [0.5, 0.6) is 5.75 Å². The summed E-state index contributed by atoms with van der Waals surface area (Å²) in [5.74, 6) is -1.63. The summed E-state index contributed by atoms with van der Waals surface area (Å²) in [6, 6.07) is 12.4. The van der Waals surface area contributed by atoms with E-state index >= 15 is 0 Å². The number of esters is 1. The van der Waals surface area contributed by atoms with E-state index in [2.05, 4.69) is 10.6 Å². The maximum absolute atomic E-state index is 12.8. The molecule has 0 atom stereocenters.